The minimum atomic E-state index is -0.255. The predicted octanol–water partition coefficient (Wildman–Crippen LogP) is 3.16. The number of benzene rings is 1. The van der Waals surface area contributed by atoms with E-state index < -0.39 is 0 Å². The standard InChI is InChI=1S/C19H18FN5O/c1-13-10-24(11-21-13)17-9-7-14(25-12-22-23-19(17)25)6-8-15-16(20)4-3-5-18(15)26-2/h3-5,7,9-12H,6,8H2,1-2H3. The number of hydrogen-bond acceptors (Lipinski definition) is 4. The zero-order valence-electron chi connectivity index (χ0n) is 14.6. The van der Waals surface area contributed by atoms with Crippen molar-refractivity contribution in [3.8, 4) is 11.4 Å². The number of pyridine rings is 1. The fraction of sp³-hybridized carbons (Fsp3) is 0.211. The Morgan fingerprint density at radius 2 is 2.00 bits per heavy atom. The molecular formula is C19H18FN5O. The van der Waals surface area contributed by atoms with Crippen LogP contribution in [0.25, 0.3) is 11.3 Å². The van der Waals surface area contributed by atoms with Crippen LogP contribution in [0, 0.1) is 12.7 Å². The van der Waals surface area contributed by atoms with E-state index in [1.54, 1.807) is 31.9 Å². The molecule has 6 nitrogen and oxygen atoms in total. The highest BCUT2D eigenvalue weighted by Gasteiger charge is 2.13. The minimum Gasteiger partial charge on any atom is -0.496 e. The Labute approximate surface area is 149 Å². The molecule has 0 radical (unpaired) electrons. The van der Waals surface area contributed by atoms with E-state index in [0.29, 0.717) is 24.2 Å². The summed E-state index contributed by atoms with van der Waals surface area (Å²) in [5, 5.41) is 8.28. The van der Waals surface area contributed by atoms with Gasteiger partial charge in [-0.05, 0) is 44.0 Å². The second-order valence-corrected chi connectivity index (χ2v) is 6.08. The predicted molar refractivity (Wildman–Crippen MR) is 95.2 cm³/mol. The number of ether oxygens (including phenoxy) is 1. The first kappa shape index (κ1) is 16.3. The molecule has 0 aliphatic carbocycles. The molecule has 0 bridgehead atoms. The summed E-state index contributed by atoms with van der Waals surface area (Å²) in [4.78, 5) is 4.26. The molecule has 0 saturated heterocycles. The molecule has 0 spiro atoms. The first-order chi connectivity index (χ1) is 12.7. The highest BCUT2D eigenvalue weighted by atomic mass is 19.1. The number of fused-ring (bicyclic) bond motifs is 1. The fourth-order valence-corrected chi connectivity index (χ4v) is 3.13. The van der Waals surface area contributed by atoms with E-state index >= 15 is 0 Å². The molecule has 0 atom stereocenters. The third-order valence-corrected chi connectivity index (χ3v) is 4.44. The number of aromatic nitrogens is 5. The molecule has 0 unspecified atom stereocenters. The van der Waals surface area contributed by atoms with Crippen molar-refractivity contribution in [2.24, 2.45) is 0 Å². The van der Waals surface area contributed by atoms with Gasteiger partial charge in [-0.25, -0.2) is 9.37 Å². The number of nitrogens with zero attached hydrogens (tertiary/aromatic N) is 5. The minimum absolute atomic E-state index is 0.255. The Balaban J connectivity index is 1.68. The van der Waals surface area contributed by atoms with Crippen LogP contribution in [0.2, 0.25) is 0 Å². The molecule has 0 amide bonds. The Kier molecular flexibility index (Phi) is 4.12. The fourth-order valence-electron chi connectivity index (χ4n) is 3.13. The molecule has 4 aromatic rings. The van der Waals surface area contributed by atoms with Crippen LogP contribution in [-0.2, 0) is 12.8 Å². The Hall–Kier alpha value is -3.22. The number of aryl methyl sites for hydroxylation is 2. The number of imidazole rings is 1. The van der Waals surface area contributed by atoms with E-state index in [4.69, 9.17) is 4.74 Å². The van der Waals surface area contributed by atoms with Crippen LogP contribution in [0.1, 0.15) is 17.0 Å². The molecule has 4 rings (SSSR count). The van der Waals surface area contributed by atoms with Gasteiger partial charge in [0.05, 0.1) is 24.8 Å². The van der Waals surface area contributed by atoms with Crippen molar-refractivity contribution in [2.75, 3.05) is 7.11 Å². The number of methoxy groups -OCH3 is 1. The van der Waals surface area contributed by atoms with Gasteiger partial charge in [-0.15, -0.1) is 10.2 Å². The van der Waals surface area contributed by atoms with Crippen molar-refractivity contribution in [3.05, 3.63) is 72.0 Å². The smallest absolute Gasteiger partial charge is 0.185 e. The van der Waals surface area contributed by atoms with Gasteiger partial charge in [0.25, 0.3) is 0 Å². The van der Waals surface area contributed by atoms with Gasteiger partial charge in [0.2, 0.25) is 0 Å². The molecule has 0 saturated carbocycles. The van der Waals surface area contributed by atoms with Crippen molar-refractivity contribution in [1.29, 1.82) is 0 Å². The summed E-state index contributed by atoms with van der Waals surface area (Å²) in [6.45, 7) is 1.94. The largest absolute Gasteiger partial charge is 0.496 e. The van der Waals surface area contributed by atoms with E-state index in [9.17, 15) is 4.39 Å². The second-order valence-electron chi connectivity index (χ2n) is 6.08. The summed E-state index contributed by atoms with van der Waals surface area (Å²) in [7, 11) is 1.55. The lowest BCUT2D eigenvalue weighted by Crippen LogP contribution is -2.04. The third-order valence-electron chi connectivity index (χ3n) is 4.44. The molecule has 26 heavy (non-hydrogen) atoms. The summed E-state index contributed by atoms with van der Waals surface area (Å²) < 4.78 is 23.3. The number of hydrogen-bond donors (Lipinski definition) is 0. The molecule has 7 heteroatoms. The van der Waals surface area contributed by atoms with Gasteiger partial charge in [0, 0.05) is 17.5 Å². The van der Waals surface area contributed by atoms with Crippen molar-refractivity contribution < 1.29 is 9.13 Å². The molecule has 0 fully saturated rings. The van der Waals surface area contributed by atoms with Gasteiger partial charge in [0.15, 0.2) is 5.65 Å². The van der Waals surface area contributed by atoms with Crippen molar-refractivity contribution in [3.63, 3.8) is 0 Å². The SMILES string of the molecule is COc1cccc(F)c1CCc1ccc(-n2cnc(C)c2)c2nncn12. The normalized spacial score (nSPS) is 11.2. The van der Waals surface area contributed by atoms with Crippen LogP contribution < -0.4 is 4.74 Å². The molecule has 0 aliphatic heterocycles. The van der Waals surface area contributed by atoms with Crippen molar-refractivity contribution in [2.45, 2.75) is 19.8 Å². The Morgan fingerprint density at radius 3 is 2.77 bits per heavy atom. The third kappa shape index (κ3) is 2.81. The molecular weight excluding hydrogens is 333 g/mol. The molecule has 1 aromatic carbocycles. The van der Waals surface area contributed by atoms with E-state index in [1.165, 1.54) is 6.07 Å². The number of rotatable bonds is 5. The van der Waals surface area contributed by atoms with Gasteiger partial charge in [-0.2, -0.15) is 0 Å². The average molecular weight is 351 g/mol. The van der Waals surface area contributed by atoms with Gasteiger partial charge in [-0.1, -0.05) is 6.07 Å². The van der Waals surface area contributed by atoms with Gasteiger partial charge >= 0.3 is 0 Å². The molecule has 0 aliphatic rings. The second kappa shape index (κ2) is 6.59. The summed E-state index contributed by atoms with van der Waals surface area (Å²) in [6, 6.07) is 8.87. The maximum atomic E-state index is 14.2. The maximum Gasteiger partial charge on any atom is 0.185 e. The van der Waals surface area contributed by atoms with Crippen LogP contribution in [0.3, 0.4) is 0 Å². The lowest BCUT2D eigenvalue weighted by molar-refractivity contribution is 0.404. The first-order valence-corrected chi connectivity index (χ1v) is 8.31. The summed E-state index contributed by atoms with van der Waals surface area (Å²) in [5.41, 5.74) is 4.13. The summed E-state index contributed by atoms with van der Waals surface area (Å²) in [5.74, 6) is 0.311. The van der Waals surface area contributed by atoms with Gasteiger partial charge in [0.1, 0.15) is 17.9 Å². The monoisotopic (exact) mass is 351 g/mol. The molecule has 3 heterocycles. The van der Waals surface area contributed by atoms with Crippen LogP contribution in [-0.4, -0.2) is 31.3 Å². The van der Waals surface area contributed by atoms with Gasteiger partial charge in [-0.3, -0.25) is 4.40 Å². The topological polar surface area (TPSA) is 57.2 Å². The lowest BCUT2D eigenvalue weighted by atomic mass is 10.1. The maximum absolute atomic E-state index is 14.2. The first-order valence-electron chi connectivity index (χ1n) is 8.31. The van der Waals surface area contributed by atoms with Crippen molar-refractivity contribution >= 4 is 5.65 Å². The highest BCUT2D eigenvalue weighted by Crippen LogP contribution is 2.24. The van der Waals surface area contributed by atoms with E-state index in [-0.39, 0.29) is 5.82 Å². The highest BCUT2D eigenvalue weighted by molar-refractivity contribution is 5.59. The molecule has 0 N–H and O–H groups in total. The van der Waals surface area contributed by atoms with Crippen LogP contribution in [0.5, 0.6) is 5.75 Å². The van der Waals surface area contributed by atoms with E-state index in [0.717, 1.165) is 22.7 Å². The van der Waals surface area contributed by atoms with Crippen LogP contribution >= 0.6 is 0 Å². The molecule has 3 aromatic heterocycles. The van der Waals surface area contributed by atoms with E-state index in [1.807, 2.05) is 34.2 Å². The lowest BCUT2D eigenvalue weighted by Gasteiger charge is -2.11. The van der Waals surface area contributed by atoms with Gasteiger partial charge < -0.3 is 9.30 Å². The zero-order valence-corrected chi connectivity index (χ0v) is 14.6. The summed E-state index contributed by atoms with van der Waals surface area (Å²) >= 11 is 0. The summed E-state index contributed by atoms with van der Waals surface area (Å²) in [6.07, 6.45) is 6.52. The Morgan fingerprint density at radius 1 is 1.12 bits per heavy atom. The molecule has 132 valence electrons. The average Bonchev–Trinajstić information content (AvgIpc) is 3.29. The van der Waals surface area contributed by atoms with Crippen LogP contribution in [0.15, 0.2) is 49.2 Å². The number of halogens is 1. The van der Waals surface area contributed by atoms with E-state index in [2.05, 4.69) is 15.2 Å². The quantitative estimate of drug-likeness (QED) is 0.554. The van der Waals surface area contributed by atoms with Crippen molar-refractivity contribution in [1.82, 2.24) is 24.1 Å². The van der Waals surface area contributed by atoms with Crippen LogP contribution in [0.4, 0.5) is 4.39 Å². The Bertz CT molecular complexity index is 1070. The zero-order chi connectivity index (χ0) is 18.1.